The van der Waals surface area contributed by atoms with Crippen LogP contribution in [-0.4, -0.2) is 29.9 Å². The predicted octanol–water partition coefficient (Wildman–Crippen LogP) is 1.12. The third-order valence-corrected chi connectivity index (χ3v) is 3.05. The molecule has 0 atom stereocenters. The molecule has 0 fully saturated rings. The highest BCUT2D eigenvalue weighted by Crippen LogP contribution is 2.41. The average molecular weight is 227 g/mol. The minimum absolute atomic E-state index is 0.772. The Kier molecular flexibility index (Phi) is 1.34. The molecule has 2 N–H and O–H groups in total. The van der Waals surface area contributed by atoms with Crippen LogP contribution in [0.5, 0.6) is 0 Å². The Bertz CT molecular complexity index is 751. The van der Waals surface area contributed by atoms with Gasteiger partial charge in [-0.3, -0.25) is 5.10 Å². The molecule has 7 nitrogen and oxygen atoms in total. The van der Waals surface area contributed by atoms with E-state index in [1.165, 1.54) is 6.33 Å². The van der Waals surface area contributed by atoms with E-state index in [-0.39, 0.29) is 0 Å². The first kappa shape index (κ1) is 8.68. The molecule has 0 radical (unpaired) electrons. The zero-order valence-electron chi connectivity index (χ0n) is 9.31. The number of aryl methyl sites for hydroxylation is 2. The van der Waals surface area contributed by atoms with Crippen molar-refractivity contribution >= 4 is 22.7 Å². The van der Waals surface area contributed by atoms with Crippen LogP contribution in [0.3, 0.4) is 0 Å². The van der Waals surface area contributed by atoms with Crippen molar-refractivity contribution in [2.24, 2.45) is 7.05 Å². The highest BCUT2D eigenvalue weighted by atomic mass is 15.3. The lowest BCUT2D eigenvalue weighted by Gasteiger charge is -2.11. The number of aromatic nitrogens is 6. The summed E-state index contributed by atoms with van der Waals surface area (Å²) in [6, 6.07) is 0. The molecule has 3 aromatic heterocycles. The van der Waals surface area contributed by atoms with E-state index in [0.717, 1.165) is 39.6 Å². The molecular formula is C10H9N7. The maximum Gasteiger partial charge on any atom is 0.163 e. The lowest BCUT2D eigenvalue weighted by atomic mass is 10.1. The summed E-state index contributed by atoms with van der Waals surface area (Å²) in [5, 5.41) is 15.8. The topological polar surface area (TPSA) is 84.3 Å². The van der Waals surface area contributed by atoms with Crippen molar-refractivity contribution in [3.8, 4) is 11.3 Å². The maximum absolute atomic E-state index is 4.51. The number of hydrogen-bond acceptors (Lipinski definition) is 5. The van der Waals surface area contributed by atoms with Gasteiger partial charge in [0, 0.05) is 7.05 Å². The van der Waals surface area contributed by atoms with Crippen molar-refractivity contribution < 1.29 is 0 Å². The molecule has 1 aliphatic heterocycles. The molecule has 17 heavy (non-hydrogen) atoms. The highest BCUT2D eigenvalue weighted by Gasteiger charge is 2.27. The molecule has 4 rings (SSSR count). The van der Waals surface area contributed by atoms with E-state index in [2.05, 4.69) is 30.6 Å². The fourth-order valence-corrected chi connectivity index (χ4v) is 2.29. The second-order valence-corrected chi connectivity index (χ2v) is 4.08. The van der Waals surface area contributed by atoms with Crippen LogP contribution in [0.1, 0.15) is 5.69 Å². The number of H-pyrrole nitrogens is 1. The monoisotopic (exact) mass is 227 g/mol. The molecule has 1 aliphatic rings. The van der Waals surface area contributed by atoms with E-state index < -0.39 is 0 Å². The van der Waals surface area contributed by atoms with Gasteiger partial charge >= 0.3 is 0 Å². The summed E-state index contributed by atoms with van der Waals surface area (Å²) in [6.45, 7) is 1.95. The first-order valence-electron chi connectivity index (χ1n) is 5.26. The Morgan fingerprint density at radius 3 is 3.06 bits per heavy atom. The standard InChI is InChI=1S/C10H9N7/c1-4-5-7-6-8(13-9(5)15-14-4)11-3-12-10(6)17(2)16-7/h3H,1-2H3,(H2,11,12,13,14,15). The summed E-state index contributed by atoms with van der Waals surface area (Å²) in [4.78, 5) is 8.49. The van der Waals surface area contributed by atoms with Crippen LogP contribution >= 0.6 is 0 Å². The van der Waals surface area contributed by atoms with Crippen LogP contribution in [0.2, 0.25) is 0 Å². The molecular weight excluding hydrogens is 218 g/mol. The first-order chi connectivity index (χ1) is 8.25. The van der Waals surface area contributed by atoms with Gasteiger partial charge in [0.2, 0.25) is 0 Å². The molecule has 7 heteroatoms. The van der Waals surface area contributed by atoms with Gasteiger partial charge in [-0.2, -0.15) is 10.2 Å². The number of aromatic amines is 1. The molecule has 0 aromatic carbocycles. The minimum atomic E-state index is 0.772. The number of nitrogens with one attached hydrogen (secondary N) is 2. The number of anilines is 2. The fourth-order valence-electron chi connectivity index (χ4n) is 2.29. The zero-order valence-corrected chi connectivity index (χ0v) is 9.31. The number of nitrogens with zero attached hydrogens (tertiary/aromatic N) is 5. The molecule has 0 amide bonds. The van der Waals surface area contributed by atoms with E-state index in [1.807, 2.05) is 14.0 Å². The Morgan fingerprint density at radius 1 is 1.29 bits per heavy atom. The van der Waals surface area contributed by atoms with E-state index in [4.69, 9.17) is 0 Å². The molecule has 84 valence electrons. The molecule has 0 saturated carbocycles. The summed E-state index contributed by atoms with van der Waals surface area (Å²) >= 11 is 0. The van der Waals surface area contributed by atoms with Crippen LogP contribution in [0.25, 0.3) is 22.3 Å². The summed E-state index contributed by atoms with van der Waals surface area (Å²) in [6.07, 6.45) is 1.53. The zero-order chi connectivity index (χ0) is 11.6. The summed E-state index contributed by atoms with van der Waals surface area (Å²) in [5.41, 5.74) is 3.63. The van der Waals surface area contributed by atoms with Gasteiger partial charge in [0.25, 0.3) is 0 Å². The Morgan fingerprint density at radius 2 is 2.18 bits per heavy atom. The number of hydrogen-bond donors (Lipinski definition) is 2. The van der Waals surface area contributed by atoms with Gasteiger partial charge < -0.3 is 5.32 Å². The van der Waals surface area contributed by atoms with Gasteiger partial charge in [0.15, 0.2) is 5.65 Å². The van der Waals surface area contributed by atoms with Crippen molar-refractivity contribution in [3.63, 3.8) is 0 Å². The Hall–Kier alpha value is -2.44. The normalized spacial score (nSPS) is 12.6. The van der Waals surface area contributed by atoms with Gasteiger partial charge in [-0.25, -0.2) is 14.6 Å². The summed E-state index contributed by atoms with van der Waals surface area (Å²) in [5.74, 6) is 1.61. The molecule has 3 aromatic rings. The highest BCUT2D eigenvalue weighted by molar-refractivity contribution is 6.06. The third kappa shape index (κ3) is 0.913. The summed E-state index contributed by atoms with van der Waals surface area (Å²) in [7, 11) is 1.88. The maximum atomic E-state index is 4.51. The van der Waals surface area contributed by atoms with Crippen molar-refractivity contribution in [2.45, 2.75) is 6.92 Å². The molecule has 0 aliphatic carbocycles. The van der Waals surface area contributed by atoms with Crippen molar-refractivity contribution in [3.05, 3.63) is 12.0 Å². The van der Waals surface area contributed by atoms with Gasteiger partial charge in [-0.05, 0) is 6.92 Å². The second-order valence-electron chi connectivity index (χ2n) is 4.08. The molecule has 0 unspecified atom stereocenters. The van der Waals surface area contributed by atoms with Crippen LogP contribution in [0.4, 0.5) is 11.6 Å². The van der Waals surface area contributed by atoms with Crippen molar-refractivity contribution in [2.75, 3.05) is 5.32 Å². The van der Waals surface area contributed by atoms with Crippen LogP contribution in [0, 0.1) is 6.92 Å². The Balaban J connectivity index is 2.24. The van der Waals surface area contributed by atoms with Crippen LogP contribution in [0.15, 0.2) is 6.33 Å². The van der Waals surface area contributed by atoms with Crippen molar-refractivity contribution in [1.29, 1.82) is 0 Å². The number of rotatable bonds is 0. The molecule has 0 bridgehead atoms. The number of fused-ring (bicyclic) bond motifs is 2. The second kappa shape index (κ2) is 2.62. The lowest BCUT2D eigenvalue weighted by Crippen LogP contribution is -2.01. The molecule has 0 saturated heterocycles. The van der Waals surface area contributed by atoms with E-state index in [9.17, 15) is 0 Å². The van der Waals surface area contributed by atoms with Gasteiger partial charge in [0.05, 0.1) is 16.6 Å². The quantitative estimate of drug-likeness (QED) is 0.470. The van der Waals surface area contributed by atoms with E-state index >= 15 is 0 Å². The smallest absolute Gasteiger partial charge is 0.163 e. The summed E-state index contributed by atoms with van der Waals surface area (Å²) < 4.78 is 1.76. The van der Waals surface area contributed by atoms with E-state index in [0.29, 0.717) is 0 Å². The van der Waals surface area contributed by atoms with Crippen molar-refractivity contribution in [1.82, 2.24) is 29.9 Å². The largest absolute Gasteiger partial charge is 0.324 e. The van der Waals surface area contributed by atoms with E-state index in [1.54, 1.807) is 4.68 Å². The minimum Gasteiger partial charge on any atom is -0.324 e. The molecule has 4 heterocycles. The van der Waals surface area contributed by atoms with Gasteiger partial charge in [-0.15, -0.1) is 0 Å². The average Bonchev–Trinajstić information content (AvgIpc) is 2.84. The first-order valence-corrected chi connectivity index (χ1v) is 5.26. The molecule has 0 spiro atoms. The third-order valence-electron chi connectivity index (χ3n) is 3.05. The van der Waals surface area contributed by atoms with Gasteiger partial charge in [0.1, 0.15) is 23.7 Å². The van der Waals surface area contributed by atoms with Crippen LogP contribution in [-0.2, 0) is 7.05 Å². The SMILES string of the molecule is Cc1n[nH]c2c1-c1nn(C)c3ncnc(c13)N2. The predicted molar refractivity (Wildman–Crippen MR) is 61.9 cm³/mol. The van der Waals surface area contributed by atoms with Crippen LogP contribution < -0.4 is 5.32 Å². The fraction of sp³-hybridized carbons (Fsp3) is 0.200. The Labute approximate surface area is 95.9 Å². The lowest BCUT2D eigenvalue weighted by molar-refractivity contribution is 0.789. The van der Waals surface area contributed by atoms with Gasteiger partial charge in [-0.1, -0.05) is 0 Å².